The molecule has 0 aliphatic carbocycles. The minimum Gasteiger partial charge on any atom is -0.430 e. The first-order valence-corrected chi connectivity index (χ1v) is 14.2. The molecule has 2 atom stereocenters. The van der Waals surface area contributed by atoms with Gasteiger partial charge in [-0.05, 0) is 67.3 Å². The highest BCUT2D eigenvalue weighted by Gasteiger charge is 2.33. The summed E-state index contributed by atoms with van der Waals surface area (Å²) in [4.78, 5) is 23.7. The van der Waals surface area contributed by atoms with Gasteiger partial charge in [0.25, 0.3) is 0 Å². The average Bonchev–Trinajstić information content (AvgIpc) is 3.61. The monoisotopic (exact) mass is 552 g/mol. The van der Waals surface area contributed by atoms with Gasteiger partial charge in [0.2, 0.25) is 6.36 Å². The second kappa shape index (κ2) is 12.0. The van der Waals surface area contributed by atoms with Crippen molar-refractivity contribution in [2.24, 2.45) is 0 Å². The van der Waals surface area contributed by atoms with Gasteiger partial charge in [0, 0.05) is 29.4 Å². The van der Waals surface area contributed by atoms with E-state index in [1.54, 1.807) is 6.33 Å². The number of carbonyl (C=O) groups excluding carboxylic acids is 1. The van der Waals surface area contributed by atoms with E-state index in [9.17, 15) is 9.18 Å². The van der Waals surface area contributed by atoms with E-state index in [0.29, 0.717) is 31.7 Å². The number of esters is 1. The van der Waals surface area contributed by atoms with E-state index in [1.807, 2.05) is 54.2 Å². The highest BCUT2D eigenvalue weighted by atomic mass is 19.1. The lowest BCUT2D eigenvalue weighted by Crippen LogP contribution is -2.38. The van der Waals surface area contributed by atoms with Crippen molar-refractivity contribution in [3.05, 3.63) is 90.4 Å². The molecule has 210 valence electrons. The van der Waals surface area contributed by atoms with Crippen LogP contribution in [0.2, 0.25) is 0 Å². The molecule has 0 saturated carbocycles. The lowest BCUT2D eigenvalue weighted by Gasteiger charge is -2.24. The number of likely N-dealkylation sites (tertiary alicyclic amines) is 1. The molecule has 6 rings (SSSR count). The maximum Gasteiger partial charge on any atom is 0.325 e. The van der Waals surface area contributed by atoms with Crippen molar-refractivity contribution in [1.82, 2.24) is 24.6 Å². The summed E-state index contributed by atoms with van der Waals surface area (Å²) in [5, 5.41) is 9.98. The number of hydrogen-bond acceptors (Lipinski definition) is 7. The molecule has 1 aliphatic heterocycles. The quantitative estimate of drug-likeness (QED) is 0.201. The third-order valence-electron chi connectivity index (χ3n) is 7.56. The van der Waals surface area contributed by atoms with Crippen molar-refractivity contribution < 1.29 is 13.9 Å². The van der Waals surface area contributed by atoms with Crippen LogP contribution in [-0.2, 0) is 22.6 Å². The van der Waals surface area contributed by atoms with E-state index >= 15 is 0 Å². The summed E-state index contributed by atoms with van der Waals surface area (Å²) in [6, 6.07) is 22.1. The van der Waals surface area contributed by atoms with Crippen LogP contribution in [0.1, 0.15) is 43.7 Å². The first-order valence-electron chi connectivity index (χ1n) is 14.2. The molecule has 1 fully saturated rings. The lowest BCUT2D eigenvalue weighted by molar-refractivity contribution is -0.164. The fourth-order valence-corrected chi connectivity index (χ4v) is 5.49. The van der Waals surface area contributed by atoms with Crippen LogP contribution in [0.3, 0.4) is 0 Å². The van der Waals surface area contributed by atoms with Crippen molar-refractivity contribution in [3.63, 3.8) is 0 Å². The molecule has 2 aromatic heterocycles. The minimum absolute atomic E-state index is 0.224. The molecule has 1 unspecified atom stereocenters. The summed E-state index contributed by atoms with van der Waals surface area (Å²) in [6.07, 6.45) is 4.29. The van der Waals surface area contributed by atoms with Gasteiger partial charge in [-0.1, -0.05) is 43.3 Å². The number of aromatic nitrogens is 4. The SMILES string of the molecule is CCCC(F)OC(=O)[C@H]1CCCN1Cc1ccc2ncnc(Nc3ccc4c(cnn4Cc4ccccc4)c3)c2c1. The third kappa shape index (κ3) is 6.05. The predicted molar refractivity (Wildman–Crippen MR) is 157 cm³/mol. The standard InChI is InChI=1S/C32H33FN6O2/c1-2-7-30(33)41-32(40)29-10-6-15-38(29)19-23-11-13-27-26(16-23)31(35-21-34-27)37-25-12-14-28-24(17-25)18-36-39(28)20-22-8-4-3-5-9-22/h3-5,8-9,11-14,16-18,21,29-30H,2,6-7,10,15,19-20H2,1H3,(H,34,35,37)/t29-,30?/m1/s1. The van der Waals surface area contributed by atoms with Gasteiger partial charge >= 0.3 is 5.97 Å². The summed E-state index contributed by atoms with van der Waals surface area (Å²) in [6.45, 7) is 3.89. The Balaban J connectivity index is 1.19. The van der Waals surface area contributed by atoms with Crippen LogP contribution in [-0.4, -0.2) is 49.6 Å². The first-order chi connectivity index (χ1) is 20.1. The highest BCUT2D eigenvalue weighted by molar-refractivity contribution is 5.92. The number of nitrogens with one attached hydrogen (secondary N) is 1. The molecule has 8 nitrogen and oxygen atoms in total. The van der Waals surface area contributed by atoms with Crippen LogP contribution in [0.4, 0.5) is 15.9 Å². The Labute approximate surface area is 238 Å². The van der Waals surface area contributed by atoms with Gasteiger partial charge in [-0.3, -0.25) is 14.4 Å². The van der Waals surface area contributed by atoms with Gasteiger partial charge < -0.3 is 10.1 Å². The lowest BCUT2D eigenvalue weighted by atomic mass is 10.1. The van der Waals surface area contributed by atoms with Crippen molar-refractivity contribution >= 4 is 39.3 Å². The number of benzene rings is 3. The Bertz CT molecular complexity index is 1660. The Hall–Kier alpha value is -4.37. The number of anilines is 2. The molecule has 5 aromatic rings. The second-order valence-electron chi connectivity index (χ2n) is 10.5. The topological polar surface area (TPSA) is 85.2 Å². The van der Waals surface area contributed by atoms with Gasteiger partial charge in [0.15, 0.2) is 0 Å². The molecule has 0 bridgehead atoms. The van der Waals surface area contributed by atoms with Crippen LogP contribution in [0.25, 0.3) is 21.8 Å². The predicted octanol–water partition coefficient (Wildman–Crippen LogP) is 6.37. The highest BCUT2D eigenvalue weighted by Crippen LogP contribution is 2.28. The summed E-state index contributed by atoms with van der Waals surface area (Å²) < 4.78 is 21.0. The van der Waals surface area contributed by atoms with Crippen molar-refractivity contribution in [2.45, 2.75) is 58.1 Å². The van der Waals surface area contributed by atoms with Crippen LogP contribution < -0.4 is 5.32 Å². The molecule has 3 aromatic carbocycles. The number of hydrogen-bond donors (Lipinski definition) is 1. The zero-order chi connectivity index (χ0) is 28.2. The van der Waals surface area contributed by atoms with Gasteiger partial charge in [-0.25, -0.2) is 14.4 Å². The third-order valence-corrected chi connectivity index (χ3v) is 7.56. The first kappa shape index (κ1) is 26.8. The van der Waals surface area contributed by atoms with Crippen LogP contribution in [0.5, 0.6) is 0 Å². The van der Waals surface area contributed by atoms with E-state index in [4.69, 9.17) is 4.74 Å². The van der Waals surface area contributed by atoms with Crippen LogP contribution in [0.15, 0.2) is 79.3 Å². The number of nitrogens with zero attached hydrogens (tertiary/aromatic N) is 5. The Morgan fingerprint density at radius 3 is 2.80 bits per heavy atom. The van der Waals surface area contributed by atoms with Crippen LogP contribution >= 0.6 is 0 Å². The summed E-state index contributed by atoms with van der Waals surface area (Å²) in [5.74, 6) is 0.225. The van der Waals surface area contributed by atoms with Gasteiger partial charge in [0.1, 0.15) is 18.2 Å². The molecule has 0 spiro atoms. The number of carbonyl (C=O) groups is 1. The second-order valence-corrected chi connectivity index (χ2v) is 10.5. The largest absolute Gasteiger partial charge is 0.430 e. The number of fused-ring (bicyclic) bond motifs is 2. The van der Waals surface area contributed by atoms with Crippen molar-refractivity contribution in [2.75, 3.05) is 11.9 Å². The molecule has 3 heterocycles. The van der Waals surface area contributed by atoms with Crippen molar-refractivity contribution in [3.8, 4) is 0 Å². The molecule has 0 amide bonds. The normalized spacial score (nSPS) is 16.3. The van der Waals surface area contributed by atoms with Gasteiger partial charge in [0.05, 0.1) is 23.8 Å². The van der Waals surface area contributed by atoms with E-state index in [-0.39, 0.29) is 6.42 Å². The van der Waals surface area contributed by atoms with E-state index in [2.05, 4.69) is 55.6 Å². The van der Waals surface area contributed by atoms with E-state index < -0.39 is 18.4 Å². The summed E-state index contributed by atoms with van der Waals surface area (Å²) in [5.41, 5.74) is 5.00. The zero-order valence-electron chi connectivity index (χ0n) is 23.0. The smallest absolute Gasteiger partial charge is 0.325 e. The summed E-state index contributed by atoms with van der Waals surface area (Å²) >= 11 is 0. The molecule has 0 radical (unpaired) electrons. The molecular formula is C32H33FN6O2. The average molecular weight is 553 g/mol. The Morgan fingerprint density at radius 1 is 1.07 bits per heavy atom. The fraction of sp³-hybridized carbons (Fsp3) is 0.312. The van der Waals surface area contributed by atoms with Crippen LogP contribution in [0, 0.1) is 0 Å². The fourth-order valence-electron chi connectivity index (χ4n) is 5.49. The molecule has 41 heavy (non-hydrogen) atoms. The number of ether oxygens (including phenoxy) is 1. The molecule has 1 saturated heterocycles. The molecular weight excluding hydrogens is 519 g/mol. The zero-order valence-corrected chi connectivity index (χ0v) is 23.0. The number of halogens is 1. The maximum absolute atomic E-state index is 13.9. The van der Waals surface area contributed by atoms with E-state index in [0.717, 1.165) is 46.0 Å². The number of alkyl halides is 1. The molecule has 1 aliphatic rings. The molecule has 1 N–H and O–H groups in total. The Kier molecular flexibility index (Phi) is 7.86. The van der Waals surface area contributed by atoms with E-state index in [1.165, 1.54) is 5.56 Å². The van der Waals surface area contributed by atoms with Crippen molar-refractivity contribution in [1.29, 1.82) is 0 Å². The minimum atomic E-state index is -1.54. The number of rotatable bonds is 10. The van der Waals surface area contributed by atoms with Gasteiger partial charge in [-0.15, -0.1) is 0 Å². The maximum atomic E-state index is 13.9. The van der Waals surface area contributed by atoms with Gasteiger partial charge in [-0.2, -0.15) is 5.10 Å². The Morgan fingerprint density at radius 2 is 1.95 bits per heavy atom. The summed E-state index contributed by atoms with van der Waals surface area (Å²) in [7, 11) is 0. The molecule has 9 heteroatoms.